The minimum atomic E-state index is -0.335. The topological polar surface area (TPSA) is 70.9 Å². The zero-order chi connectivity index (χ0) is 15.9. The van der Waals surface area contributed by atoms with E-state index in [1.54, 1.807) is 36.4 Å². The van der Waals surface area contributed by atoms with Crippen molar-refractivity contribution in [3.05, 3.63) is 58.1 Å². The van der Waals surface area contributed by atoms with E-state index < -0.39 is 0 Å². The molecule has 0 aliphatic carbocycles. The highest BCUT2D eigenvalue weighted by Crippen LogP contribution is 2.28. The first-order valence-corrected chi connectivity index (χ1v) is 7.45. The van der Waals surface area contributed by atoms with Gasteiger partial charge < -0.3 is 9.84 Å². The van der Waals surface area contributed by atoms with Gasteiger partial charge in [-0.05, 0) is 37.3 Å². The molecular formula is C16H15BrN2O3. The van der Waals surface area contributed by atoms with Crippen LogP contribution >= 0.6 is 15.9 Å². The summed E-state index contributed by atoms with van der Waals surface area (Å²) in [4.78, 5) is 11.9. The van der Waals surface area contributed by atoms with Gasteiger partial charge in [-0.1, -0.05) is 28.1 Å². The Bertz CT molecular complexity index is 702. The maximum absolute atomic E-state index is 11.9. The van der Waals surface area contributed by atoms with E-state index >= 15 is 0 Å². The quantitative estimate of drug-likeness (QED) is 0.633. The molecule has 0 unspecified atom stereocenters. The van der Waals surface area contributed by atoms with Gasteiger partial charge in [-0.2, -0.15) is 5.10 Å². The van der Waals surface area contributed by atoms with Crippen LogP contribution in [-0.2, 0) is 0 Å². The Balaban J connectivity index is 2.07. The van der Waals surface area contributed by atoms with Gasteiger partial charge in [0.1, 0.15) is 0 Å². The number of hydrazone groups is 1. The number of aromatic hydroxyl groups is 1. The van der Waals surface area contributed by atoms with E-state index in [4.69, 9.17) is 4.74 Å². The van der Waals surface area contributed by atoms with Crippen LogP contribution in [0, 0.1) is 0 Å². The predicted molar refractivity (Wildman–Crippen MR) is 88.5 cm³/mol. The highest BCUT2D eigenvalue weighted by Gasteiger charge is 2.07. The Morgan fingerprint density at radius 1 is 1.36 bits per heavy atom. The minimum absolute atomic E-state index is 0.00944. The van der Waals surface area contributed by atoms with Crippen molar-refractivity contribution in [2.75, 3.05) is 6.61 Å². The molecule has 114 valence electrons. The third-order valence-electron chi connectivity index (χ3n) is 2.79. The van der Waals surface area contributed by atoms with Gasteiger partial charge in [-0.3, -0.25) is 4.79 Å². The van der Waals surface area contributed by atoms with E-state index in [-0.39, 0.29) is 11.7 Å². The largest absolute Gasteiger partial charge is 0.504 e. The number of ether oxygens (including phenoxy) is 1. The van der Waals surface area contributed by atoms with Crippen molar-refractivity contribution in [1.29, 1.82) is 0 Å². The fraction of sp³-hybridized carbons (Fsp3) is 0.125. The summed E-state index contributed by atoms with van der Waals surface area (Å²) in [7, 11) is 0. The summed E-state index contributed by atoms with van der Waals surface area (Å²) in [5.74, 6) is 0.0348. The molecule has 0 spiro atoms. The number of carbonyl (C=O) groups excluding carboxylic acids is 1. The molecule has 0 radical (unpaired) electrons. The molecule has 2 aromatic carbocycles. The maximum Gasteiger partial charge on any atom is 0.271 e. The van der Waals surface area contributed by atoms with Crippen LogP contribution in [-0.4, -0.2) is 23.8 Å². The summed E-state index contributed by atoms with van der Waals surface area (Å²) in [5, 5.41) is 13.9. The Kier molecular flexibility index (Phi) is 5.55. The van der Waals surface area contributed by atoms with Gasteiger partial charge in [0.25, 0.3) is 5.91 Å². The molecule has 0 saturated heterocycles. The van der Waals surface area contributed by atoms with Crippen LogP contribution in [0.1, 0.15) is 22.8 Å². The Hall–Kier alpha value is -2.34. The molecule has 0 aromatic heterocycles. The number of carbonyl (C=O) groups is 1. The summed E-state index contributed by atoms with van der Waals surface area (Å²) < 4.78 is 6.09. The molecule has 2 rings (SSSR count). The Morgan fingerprint density at radius 3 is 2.86 bits per heavy atom. The number of hydrogen-bond acceptors (Lipinski definition) is 4. The molecule has 2 N–H and O–H groups in total. The number of phenols is 1. The second-order valence-electron chi connectivity index (χ2n) is 4.34. The first kappa shape index (κ1) is 16.0. The number of nitrogens with one attached hydrogen (secondary N) is 1. The number of halogens is 1. The molecular weight excluding hydrogens is 348 g/mol. The van der Waals surface area contributed by atoms with Gasteiger partial charge in [0.2, 0.25) is 0 Å². The first-order chi connectivity index (χ1) is 10.6. The van der Waals surface area contributed by atoms with Gasteiger partial charge in [-0.25, -0.2) is 5.43 Å². The normalized spacial score (nSPS) is 10.6. The number of rotatable bonds is 5. The molecule has 0 bridgehead atoms. The summed E-state index contributed by atoms with van der Waals surface area (Å²) in [5.41, 5.74) is 3.35. The number of para-hydroxylation sites is 1. The third kappa shape index (κ3) is 4.08. The molecule has 0 heterocycles. The summed E-state index contributed by atoms with van der Waals surface area (Å²) >= 11 is 3.30. The highest BCUT2D eigenvalue weighted by molar-refractivity contribution is 9.10. The minimum Gasteiger partial charge on any atom is -0.504 e. The second-order valence-corrected chi connectivity index (χ2v) is 5.25. The van der Waals surface area contributed by atoms with Crippen molar-refractivity contribution < 1.29 is 14.6 Å². The number of nitrogens with zero attached hydrogens (tertiary/aromatic N) is 1. The molecule has 6 heteroatoms. The number of hydrogen-bond donors (Lipinski definition) is 2. The SMILES string of the molecule is CCOc1cccc(/C=N/NC(=O)c2cccc(Br)c2)c1O. The van der Waals surface area contributed by atoms with Gasteiger partial charge >= 0.3 is 0 Å². The van der Waals surface area contributed by atoms with Crippen molar-refractivity contribution in [3.8, 4) is 11.5 Å². The van der Waals surface area contributed by atoms with Crippen LogP contribution in [0.5, 0.6) is 11.5 Å². The zero-order valence-corrected chi connectivity index (χ0v) is 13.5. The van der Waals surface area contributed by atoms with Crippen LogP contribution in [0.15, 0.2) is 52.0 Å². The lowest BCUT2D eigenvalue weighted by atomic mass is 10.2. The van der Waals surface area contributed by atoms with E-state index in [1.165, 1.54) is 6.21 Å². The lowest BCUT2D eigenvalue weighted by Gasteiger charge is -2.07. The lowest BCUT2D eigenvalue weighted by Crippen LogP contribution is -2.17. The van der Waals surface area contributed by atoms with E-state index in [0.717, 1.165) is 4.47 Å². The van der Waals surface area contributed by atoms with Gasteiger partial charge in [0.15, 0.2) is 11.5 Å². The molecule has 0 fully saturated rings. The van der Waals surface area contributed by atoms with Gasteiger partial charge in [0, 0.05) is 15.6 Å². The maximum atomic E-state index is 11.9. The average molecular weight is 363 g/mol. The molecule has 22 heavy (non-hydrogen) atoms. The number of benzene rings is 2. The van der Waals surface area contributed by atoms with Crippen LogP contribution in [0.25, 0.3) is 0 Å². The average Bonchev–Trinajstić information content (AvgIpc) is 2.51. The zero-order valence-electron chi connectivity index (χ0n) is 11.9. The highest BCUT2D eigenvalue weighted by atomic mass is 79.9. The molecule has 0 aliphatic rings. The van der Waals surface area contributed by atoms with Crippen molar-refractivity contribution in [2.45, 2.75) is 6.92 Å². The van der Waals surface area contributed by atoms with E-state index in [2.05, 4.69) is 26.5 Å². The van der Waals surface area contributed by atoms with Gasteiger partial charge in [0.05, 0.1) is 12.8 Å². The smallest absolute Gasteiger partial charge is 0.271 e. The monoisotopic (exact) mass is 362 g/mol. The molecule has 1 amide bonds. The van der Waals surface area contributed by atoms with Crippen molar-refractivity contribution in [3.63, 3.8) is 0 Å². The van der Waals surface area contributed by atoms with Crippen LogP contribution in [0.3, 0.4) is 0 Å². The van der Waals surface area contributed by atoms with Crippen molar-refractivity contribution in [1.82, 2.24) is 5.43 Å². The first-order valence-electron chi connectivity index (χ1n) is 6.65. The Labute approximate surface area is 136 Å². The second kappa shape index (κ2) is 7.61. The third-order valence-corrected chi connectivity index (χ3v) is 3.28. The summed E-state index contributed by atoms with van der Waals surface area (Å²) in [6.07, 6.45) is 1.37. The molecule has 0 aliphatic heterocycles. The Morgan fingerprint density at radius 2 is 2.14 bits per heavy atom. The number of phenolic OH excluding ortho intramolecular Hbond substituents is 1. The van der Waals surface area contributed by atoms with Crippen LogP contribution in [0.2, 0.25) is 0 Å². The fourth-order valence-corrected chi connectivity index (χ4v) is 2.17. The van der Waals surface area contributed by atoms with Crippen molar-refractivity contribution in [2.24, 2.45) is 5.10 Å². The summed E-state index contributed by atoms with van der Waals surface area (Å²) in [6.45, 7) is 2.28. The predicted octanol–water partition coefficient (Wildman–Crippen LogP) is 3.32. The van der Waals surface area contributed by atoms with Crippen LogP contribution in [0.4, 0.5) is 0 Å². The van der Waals surface area contributed by atoms with E-state index in [1.807, 2.05) is 13.0 Å². The summed E-state index contributed by atoms with van der Waals surface area (Å²) in [6, 6.07) is 12.0. The van der Waals surface area contributed by atoms with Gasteiger partial charge in [-0.15, -0.1) is 0 Å². The van der Waals surface area contributed by atoms with E-state index in [0.29, 0.717) is 23.5 Å². The molecule has 0 saturated carbocycles. The molecule has 0 atom stereocenters. The fourth-order valence-electron chi connectivity index (χ4n) is 1.77. The van der Waals surface area contributed by atoms with Crippen LogP contribution < -0.4 is 10.2 Å². The van der Waals surface area contributed by atoms with Crippen molar-refractivity contribution >= 4 is 28.1 Å². The standard InChI is InChI=1S/C16H15BrN2O3/c1-2-22-14-8-4-6-12(15(14)20)10-18-19-16(21)11-5-3-7-13(17)9-11/h3-10,20H,2H2,1H3,(H,19,21)/b18-10+. The molecule has 5 nitrogen and oxygen atoms in total. The molecule has 2 aromatic rings. The number of amides is 1. The van der Waals surface area contributed by atoms with E-state index in [9.17, 15) is 9.90 Å². The lowest BCUT2D eigenvalue weighted by molar-refractivity contribution is 0.0955.